The van der Waals surface area contributed by atoms with Crippen LogP contribution in [-0.2, 0) is 6.54 Å². The molecule has 8 heteroatoms. The Morgan fingerprint density at radius 2 is 1.94 bits per heavy atom. The minimum Gasteiger partial charge on any atom is -0.495 e. The van der Waals surface area contributed by atoms with E-state index >= 15 is 0 Å². The Hall–Kier alpha value is -2.80. The number of aliphatic imine (C=N–C) groups is 1. The number of anilines is 1. The minimum atomic E-state index is 0. The van der Waals surface area contributed by atoms with Crippen LogP contribution < -0.4 is 29.7 Å². The monoisotopic (exact) mass is 564 g/mol. The van der Waals surface area contributed by atoms with Gasteiger partial charge in [-0.15, -0.1) is 30.4 Å². The molecule has 2 aromatic carbocycles. The van der Waals surface area contributed by atoms with E-state index in [4.69, 9.17) is 25.6 Å². The topological polar surface area (TPSA) is 67.4 Å². The predicted octanol–water partition coefficient (Wildman–Crippen LogP) is 3.67. The summed E-state index contributed by atoms with van der Waals surface area (Å²) in [6.07, 6.45) is 6.34. The first-order chi connectivity index (χ1) is 15.7. The maximum absolute atomic E-state index is 5.60. The highest BCUT2D eigenvalue weighted by Crippen LogP contribution is 2.30. The van der Waals surface area contributed by atoms with Crippen molar-refractivity contribution in [2.45, 2.75) is 25.9 Å². The van der Waals surface area contributed by atoms with E-state index in [1.807, 2.05) is 36.4 Å². The van der Waals surface area contributed by atoms with Gasteiger partial charge in [-0.05, 0) is 43.2 Å². The summed E-state index contributed by atoms with van der Waals surface area (Å²) < 4.78 is 16.5. The largest absolute Gasteiger partial charge is 0.495 e. The van der Waals surface area contributed by atoms with Gasteiger partial charge in [0.05, 0.1) is 26.5 Å². The molecule has 1 saturated heterocycles. The second-order valence-electron chi connectivity index (χ2n) is 7.42. The fraction of sp³-hybridized carbons (Fsp3) is 0.400. The lowest BCUT2D eigenvalue weighted by Gasteiger charge is -2.22. The van der Waals surface area contributed by atoms with Crippen molar-refractivity contribution in [2.75, 3.05) is 45.4 Å². The van der Waals surface area contributed by atoms with E-state index in [0.717, 1.165) is 49.0 Å². The first-order valence-corrected chi connectivity index (χ1v) is 10.8. The van der Waals surface area contributed by atoms with Gasteiger partial charge in [0.15, 0.2) is 17.5 Å². The van der Waals surface area contributed by atoms with Gasteiger partial charge in [0, 0.05) is 25.7 Å². The molecule has 0 amide bonds. The lowest BCUT2D eigenvalue weighted by Crippen LogP contribution is -2.44. The van der Waals surface area contributed by atoms with Crippen LogP contribution in [0.15, 0.2) is 47.5 Å². The van der Waals surface area contributed by atoms with Gasteiger partial charge in [0.1, 0.15) is 12.4 Å². The Morgan fingerprint density at radius 3 is 2.67 bits per heavy atom. The maximum atomic E-state index is 5.60. The van der Waals surface area contributed by atoms with Crippen LogP contribution in [0.1, 0.15) is 18.9 Å². The van der Waals surface area contributed by atoms with Gasteiger partial charge < -0.3 is 29.7 Å². The van der Waals surface area contributed by atoms with Crippen molar-refractivity contribution in [3.05, 3.63) is 48.0 Å². The number of benzene rings is 2. The Balaban J connectivity index is 0.00000385. The molecule has 2 N–H and O–H groups in total. The fourth-order valence-electron chi connectivity index (χ4n) is 3.72. The number of ether oxygens (including phenoxy) is 3. The molecule has 1 atom stereocenters. The molecule has 1 aliphatic rings. The number of hydrogen-bond acceptors (Lipinski definition) is 5. The summed E-state index contributed by atoms with van der Waals surface area (Å²) in [5.74, 6) is 5.45. The van der Waals surface area contributed by atoms with Gasteiger partial charge in [-0.2, -0.15) is 0 Å². The number of hydrogen-bond donors (Lipinski definition) is 2. The lowest BCUT2D eigenvalue weighted by molar-refractivity contribution is 0.330. The minimum absolute atomic E-state index is 0. The van der Waals surface area contributed by atoms with Gasteiger partial charge in [-0.3, -0.25) is 0 Å². The summed E-state index contributed by atoms with van der Waals surface area (Å²) in [7, 11) is 3.32. The second kappa shape index (κ2) is 13.7. The molecule has 0 radical (unpaired) electrons. The van der Waals surface area contributed by atoms with Crippen LogP contribution in [0.3, 0.4) is 0 Å². The third kappa shape index (κ3) is 7.35. The Labute approximate surface area is 213 Å². The van der Waals surface area contributed by atoms with E-state index in [1.165, 1.54) is 0 Å². The molecule has 0 aromatic heterocycles. The van der Waals surface area contributed by atoms with Crippen molar-refractivity contribution in [3.8, 4) is 29.6 Å². The SMILES string of the molecule is C#CCOc1cc(CN=C(NCC)NC2CCN(c3ccccc3OC)C2)ccc1OC.I. The van der Waals surface area contributed by atoms with Gasteiger partial charge in [0.25, 0.3) is 0 Å². The van der Waals surface area contributed by atoms with Crippen molar-refractivity contribution in [2.24, 2.45) is 4.99 Å². The Bertz CT molecular complexity index is 961. The molecule has 0 aliphatic carbocycles. The lowest BCUT2D eigenvalue weighted by atomic mass is 10.2. The molecule has 1 unspecified atom stereocenters. The van der Waals surface area contributed by atoms with Crippen LogP contribution in [0.5, 0.6) is 17.2 Å². The number of methoxy groups -OCH3 is 2. The van der Waals surface area contributed by atoms with Gasteiger partial charge >= 0.3 is 0 Å². The van der Waals surface area contributed by atoms with Crippen molar-refractivity contribution in [3.63, 3.8) is 0 Å². The maximum Gasteiger partial charge on any atom is 0.191 e. The van der Waals surface area contributed by atoms with E-state index < -0.39 is 0 Å². The molecule has 178 valence electrons. The van der Waals surface area contributed by atoms with Crippen LogP contribution in [0.2, 0.25) is 0 Å². The molecular weight excluding hydrogens is 531 g/mol. The molecule has 3 rings (SSSR count). The highest BCUT2D eigenvalue weighted by atomic mass is 127. The van der Waals surface area contributed by atoms with Gasteiger partial charge in [-0.1, -0.05) is 24.1 Å². The van der Waals surface area contributed by atoms with Crippen LogP contribution in [0, 0.1) is 12.3 Å². The summed E-state index contributed by atoms with van der Waals surface area (Å²) in [6, 6.07) is 14.2. The number of halogens is 1. The molecule has 0 bridgehead atoms. The molecule has 1 heterocycles. The molecule has 2 aromatic rings. The van der Waals surface area contributed by atoms with Crippen LogP contribution >= 0.6 is 24.0 Å². The first kappa shape index (κ1) is 26.5. The smallest absolute Gasteiger partial charge is 0.191 e. The summed E-state index contributed by atoms with van der Waals surface area (Å²) in [4.78, 5) is 7.12. The van der Waals surface area contributed by atoms with Gasteiger partial charge in [-0.25, -0.2) is 4.99 Å². The average Bonchev–Trinajstić information content (AvgIpc) is 3.29. The molecule has 1 aliphatic heterocycles. The molecule has 0 spiro atoms. The standard InChI is InChI=1S/C25H32N4O3.HI/c1-5-15-32-24-16-19(11-12-23(24)31-4)17-27-25(26-6-2)28-20-13-14-29(18-20)21-9-7-8-10-22(21)30-3;/h1,7-12,16,20H,6,13-15,17-18H2,2-4H3,(H2,26,27,28);1H. The zero-order chi connectivity index (χ0) is 22.8. The van der Waals surface area contributed by atoms with E-state index in [1.54, 1.807) is 14.2 Å². The second-order valence-corrected chi connectivity index (χ2v) is 7.42. The molecule has 1 fully saturated rings. The summed E-state index contributed by atoms with van der Waals surface area (Å²) in [5, 5.41) is 6.91. The average molecular weight is 564 g/mol. The molecular formula is C25H33IN4O3. The Kier molecular flexibility index (Phi) is 11.0. The van der Waals surface area contributed by atoms with Crippen LogP contribution in [0.4, 0.5) is 5.69 Å². The zero-order valence-corrected chi connectivity index (χ0v) is 21.8. The first-order valence-electron chi connectivity index (χ1n) is 10.8. The number of guanidine groups is 1. The summed E-state index contributed by atoms with van der Waals surface area (Å²) in [6.45, 7) is 5.40. The Morgan fingerprint density at radius 1 is 1.15 bits per heavy atom. The molecule has 33 heavy (non-hydrogen) atoms. The van der Waals surface area contributed by atoms with E-state index in [-0.39, 0.29) is 30.6 Å². The van der Waals surface area contributed by atoms with Crippen molar-refractivity contribution >= 4 is 35.6 Å². The third-order valence-electron chi connectivity index (χ3n) is 5.26. The summed E-state index contributed by atoms with van der Waals surface area (Å²) in [5.41, 5.74) is 2.14. The zero-order valence-electron chi connectivity index (χ0n) is 19.5. The van der Waals surface area contributed by atoms with Gasteiger partial charge in [0.2, 0.25) is 0 Å². The summed E-state index contributed by atoms with van der Waals surface area (Å²) >= 11 is 0. The quantitative estimate of drug-likeness (QED) is 0.210. The van der Waals surface area contributed by atoms with E-state index in [2.05, 4.69) is 34.4 Å². The number of para-hydroxylation sites is 2. The molecule has 0 saturated carbocycles. The number of rotatable bonds is 9. The number of terminal acetylenes is 1. The highest BCUT2D eigenvalue weighted by molar-refractivity contribution is 14.0. The normalized spacial score (nSPS) is 15.3. The van der Waals surface area contributed by atoms with Crippen LogP contribution in [-0.4, -0.2) is 52.5 Å². The van der Waals surface area contributed by atoms with Crippen LogP contribution in [0.25, 0.3) is 0 Å². The van der Waals surface area contributed by atoms with E-state index in [9.17, 15) is 0 Å². The third-order valence-corrected chi connectivity index (χ3v) is 5.26. The molecule has 7 nitrogen and oxygen atoms in total. The van der Waals surface area contributed by atoms with Crippen molar-refractivity contribution in [1.29, 1.82) is 0 Å². The van der Waals surface area contributed by atoms with E-state index in [0.29, 0.717) is 24.1 Å². The van der Waals surface area contributed by atoms with Crippen molar-refractivity contribution in [1.82, 2.24) is 10.6 Å². The number of nitrogens with zero attached hydrogens (tertiary/aromatic N) is 2. The highest BCUT2D eigenvalue weighted by Gasteiger charge is 2.25. The van der Waals surface area contributed by atoms with Crippen molar-refractivity contribution < 1.29 is 14.2 Å². The number of nitrogens with one attached hydrogen (secondary N) is 2. The predicted molar refractivity (Wildman–Crippen MR) is 144 cm³/mol. The fourth-order valence-corrected chi connectivity index (χ4v) is 3.72.